The molecule has 7 rings (SSSR count). The van der Waals surface area contributed by atoms with Gasteiger partial charge >= 0.3 is 6.03 Å². The zero-order valence-electron chi connectivity index (χ0n) is 45.1. The maximum absolute atomic E-state index is 13.3. The molecule has 3 heterocycles. The van der Waals surface area contributed by atoms with Crippen LogP contribution in [-0.2, 0) is 90.1 Å². The molecule has 4 aromatic carbocycles. The molecule has 9 N–H and O–H groups in total. The lowest BCUT2D eigenvalue weighted by atomic mass is 10.0. The van der Waals surface area contributed by atoms with Crippen molar-refractivity contribution < 1.29 is 71.7 Å². The molecule has 26 heteroatoms. The van der Waals surface area contributed by atoms with Gasteiger partial charge in [-0.3, -0.25) is 63.0 Å². The van der Waals surface area contributed by atoms with Crippen LogP contribution in [0.2, 0.25) is 0 Å². The van der Waals surface area contributed by atoms with Gasteiger partial charge in [0, 0.05) is 75.3 Å². The van der Waals surface area contributed by atoms with Gasteiger partial charge in [-0.2, -0.15) is 0 Å². The van der Waals surface area contributed by atoms with Crippen LogP contribution in [-0.4, -0.2) is 146 Å². The molecule has 3 aliphatic heterocycles. The number of hydrogen-bond donors (Lipinski definition) is 9. The molecule has 0 saturated carbocycles. The van der Waals surface area contributed by atoms with Gasteiger partial charge in [-0.05, 0) is 64.6 Å². The van der Waals surface area contributed by atoms with Crippen molar-refractivity contribution >= 4 is 76.7 Å². The number of ether oxygens (including phenoxy) is 3. The van der Waals surface area contributed by atoms with Crippen molar-refractivity contribution in [3.05, 3.63) is 143 Å². The second-order valence-electron chi connectivity index (χ2n) is 19.1. The Kier molecular flexibility index (Phi) is 22.5. The van der Waals surface area contributed by atoms with Gasteiger partial charge in [0.25, 0.3) is 17.7 Å². The second-order valence-corrected chi connectivity index (χ2v) is 19.1. The number of urea groups is 1. The second kappa shape index (κ2) is 30.7. The normalized spacial score (nSPS) is 14.7. The van der Waals surface area contributed by atoms with Gasteiger partial charge in [-0.1, -0.05) is 66.7 Å². The smallest absolute Gasteiger partial charge is 0.319 e. The van der Waals surface area contributed by atoms with E-state index in [1.807, 2.05) is 30.3 Å². The van der Waals surface area contributed by atoms with E-state index in [1.165, 1.54) is 4.90 Å². The third-order valence-corrected chi connectivity index (χ3v) is 13.0. The molecule has 1 fully saturated rings. The number of piperidine rings is 1. The summed E-state index contributed by atoms with van der Waals surface area (Å²) in [6.07, 6.45) is 2.62. The number of carbonyl (C=O) groups excluding carboxylic acids is 12. The molecular formula is C57H63N11O15. The number of imide groups is 2. The molecule has 13 amide bonds. The molecular weight excluding hydrogens is 1080 g/mol. The Balaban J connectivity index is 0.721. The SMILES string of the molecule is O=C(CCN1C(=O)C=CC1=O)NCCOCCC(=O)NCC(=O)NCC(=O)N[C@@H](Cc1ccccc1)C(=O)NCC(=O)NCOCc1ccc(COc2ccc(NC(=O)NCc3ccc4c(c3)CN(C3CCC(=O)NC3=O)C4=O)cc2)cc1. The molecule has 2 atom stereocenters. The van der Waals surface area contributed by atoms with E-state index in [-0.39, 0.29) is 109 Å². The summed E-state index contributed by atoms with van der Waals surface area (Å²) >= 11 is 0. The van der Waals surface area contributed by atoms with Gasteiger partial charge in [-0.25, -0.2) is 4.79 Å². The van der Waals surface area contributed by atoms with E-state index in [9.17, 15) is 57.5 Å². The summed E-state index contributed by atoms with van der Waals surface area (Å²) in [5.74, 6) is -4.95. The van der Waals surface area contributed by atoms with Gasteiger partial charge in [0.05, 0.1) is 39.5 Å². The fraction of sp³-hybridized carbons (Fsp3) is 0.333. The number of hydrogen-bond acceptors (Lipinski definition) is 15. The van der Waals surface area contributed by atoms with Crippen LogP contribution in [0.3, 0.4) is 0 Å². The summed E-state index contributed by atoms with van der Waals surface area (Å²) in [7, 11) is 0. The Labute approximate surface area is 476 Å². The van der Waals surface area contributed by atoms with Crippen LogP contribution in [0.5, 0.6) is 5.75 Å². The van der Waals surface area contributed by atoms with Gasteiger partial charge in [0.1, 0.15) is 31.2 Å². The number of anilines is 1. The molecule has 1 saturated heterocycles. The maximum atomic E-state index is 13.3. The summed E-state index contributed by atoms with van der Waals surface area (Å²) in [5.41, 5.74) is 4.93. The van der Waals surface area contributed by atoms with E-state index in [0.29, 0.717) is 17.0 Å². The molecule has 4 aromatic rings. The number of rotatable bonds is 30. The Hall–Kier alpha value is -9.82. The number of fused-ring (bicyclic) bond motifs is 1. The number of nitrogens with one attached hydrogen (secondary N) is 9. The zero-order valence-corrected chi connectivity index (χ0v) is 45.1. The van der Waals surface area contributed by atoms with Crippen molar-refractivity contribution in [2.24, 2.45) is 0 Å². The molecule has 1 unspecified atom stereocenters. The molecule has 0 aromatic heterocycles. The molecule has 436 valence electrons. The monoisotopic (exact) mass is 1140 g/mol. The number of carbonyl (C=O) groups is 12. The summed E-state index contributed by atoms with van der Waals surface area (Å²) < 4.78 is 16.9. The number of amides is 13. The highest BCUT2D eigenvalue weighted by Gasteiger charge is 2.39. The first-order chi connectivity index (χ1) is 40.1. The number of benzene rings is 4. The van der Waals surface area contributed by atoms with Gasteiger partial charge < -0.3 is 61.6 Å². The van der Waals surface area contributed by atoms with E-state index < -0.39 is 85.0 Å². The third-order valence-electron chi connectivity index (χ3n) is 13.0. The van der Waals surface area contributed by atoms with Crippen LogP contribution in [0.25, 0.3) is 0 Å². The predicted molar refractivity (Wildman–Crippen MR) is 293 cm³/mol. The number of nitrogens with zero attached hydrogens (tertiary/aromatic N) is 2. The van der Waals surface area contributed by atoms with Crippen molar-refractivity contribution in [1.29, 1.82) is 0 Å². The van der Waals surface area contributed by atoms with E-state index in [0.717, 1.165) is 44.9 Å². The Bertz CT molecular complexity index is 3070. The highest BCUT2D eigenvalue weighted by atomic mass is 16.5. The highest BCUT2D eigenvalue weighted by Crippen LogP contribution is 2.28. The first-order valence-electron chi connectivity index (χ1n) is 26.6. The standard InChI is InChI=1S/C57H63N11O15/c69-46(20-23-67-52(75)18-19-53(67)76)58-22-25-81-24-21-47(70)59-29-49(72)60-31-51(74)65-44(27-36-4-2-1-3-5-36)54(77)61-30-50(73)63-35-82-33-37-6-8-38(9-7-37)34-83-42-13-11-41(12-14-42)64-57(80)62-28-39-10-15-43-40(26-39)32-68(56(43)79)45-16-17-48(71)66-55(45)78/h1-15,18-19,26,44-45H,16-17,20-25,27-35H2,(H,58,69)(H,59,70)(H,60,72)(H,61,77)(H,63,73)(H,65,74)(H2,62,64,80)(H,66,71,78)/t44-,45?/m0/s1. The lowest BCUT2D eigenvalue weighted by Gasteiger charge is -2.29. The molecule has 0 spiro atoms. The van der Waals surface area contributed by atoms with Crippen LogP contribution in [0, 0.1) is 0 Å². The minimum Gasteiger partial charge on any atom is -0.489 e. The van der Waals surface area contributed by atoms with Crippen LogP contribution in [0.15, 0.2) is 109 Å². The molecule has 83 heavy (non-hydrogen) atoms. The maximum Gasteiger partial charge on any atom is 0.319 e. The predicted octanol–water partition coefficient (Wildman–Crippen LogP) is -0.147. The van der Waals surface area contributed by atoms with Crippen LogP contribution < -0.4 is 52.6 Å². The minimum atomic E-state index is -1.11. The lowest BCUT2D eigenvalue weighted by molar-refractivity contribution is -0.138. The van der Waals surface area contributed by atoms with Crippen molar-refractivity contribution in [1.82, 2.24) is 52.3 Å². The first kappa shape index (κ1) is 60.8. The summed E-state index contributed by atoms with van der Waals surface area (Å²) in [6.45, 7) is -0.524. The van der Waals surface area contributed by atoms with Crippen LogP contribution in [0.1, 0.15) is 63.9 Å². The average molecular weight is 1140 g/mol. The van der Waals surface area contributed by atoms with Crippen LogP contribution >= 0.6 is 0 Å². The molecule has 3 aliphatic rings. The van der Waals surface area contributed by atoms with Crippen molar-refractivity contribution in [3.63, 3.8) is 0 Å². The van der Waals surface area contributed by atoms with Gasteiger partial charge in [-0.15, -0.1) is 0 Å². The van der Waals surface area contributed by atoms with E-state index in [4.69, 9.17) is 14.2 Å². The van der Waals surface area contributed by atoms with Gasteiger partial charge in [0.15, 0.2) is 0 Å². The first-order valence-corrected chi connectivity index (χ1v) is 26.6. The highest BCUT2D eigenvalue weighted by molar-refractivity contribution is 6.13. The van der Waals surface area contributed by atoms with E-state index in [1.54, 1.807) is 66.7 Å². The largest absolute Gasteiger partial charge is 0.489 e. The summed E-state index contributed by atoms with van der Waals surface area (Å²) in [6, 6.07) is 26.1. The van der Waals surface area contributed by atoms with Crippen LogP contribution in [0.4, 0.5) is 10.5 Å². The zero-order chi connectivity index (χ0) is 59.1. The molecule has 26 nitrogen and oxygen atoms in total. The minimum absolute atomic E-state index is 0.00929. The van der Waals surface area contributed by atoms with Crippen molar-refractivity contribution in [2.75, 3.05) is 58.0 Å². The Morgan fingerprint density at radius 2 is 1.29 bits per heavy atom. The fourth-order valence-corrected chi connectivity index (χ4v) is 8.58. The summed E-state index contributed by atoms with van der Waals surface area (Å²) in [5, 5.41) is 22.9. The topological polar surface area (TPSA) is 347 Å². The average Bonchev–Trinajstić information content (AvgIpc) is 4.10. The quantitative estimate of drug-likeness (QED) is 0.0186. The molecule has 0 aliphatic carbocycles. The molecule has 0 bridgehead atoms. The summed E-state index contributed by atoms with van der Waals surface area (Å²) in [4.78, 5) is 151. The van der Waals surface area contributed by atoms with Crippen molar-refractivity contribution in [2.45, 2.75) is 70.5 Å². The molecule has 0 radical (unpaired) electrons. The Morgan fingerprint density at radius 1 is 0.627 bits per heavy atom. The van der Waals surface area contributed by atoms with E-state index >= 15 is 0 Å². The fourth-order valence-electron chi connectivity index (χ4n) is 8.58. The van der Waals surface area contributed by atoms with E-state index in [2.05, 4.69) is 47.9 Å². The lowest BCUT2D eigenvalue weighted by Crippen LogP contribution is -2.52. The van der Waals surface area contributed by atoms with Crippen molar-refractivity contribution in [3.8, 4) is 5.75 Å². The third kappa shape index (κ3) is 19.5. The Morgan fingerprint density at radius 3 is 2.02 bits per heavy atom. The van der Waals surface area contributed by atoms with Gasteiger partial charge in [0.2, 0.25) is 47.3 Å².